The van der Waals surface area contributed by atoms with Crippen LogP contribution in [0.2, 0.25) is 0 Å². The average Bonchev–Trinajstić information content (AvgIpc) is 1.37. The van der Waals surface area contributed by atoms with E-state index in [9.17, 15) is 0 Å². The Hall–Kier alpha value is -0.460. The first kappa shape index (κ1) is 3.54. The first-order valence-corrected chi connectivity index (χ1v) is 1.08. The summed E-state index contributed by atoms with van der Waals surface area (Å²) in [7, 11) is 0. The summed E-state index contributed by atoms with van der Waals surface area (Å²) in [4.78, 5) is 0. The third-order valence-electron chi connectivity index (χ3n) is 0.144. The minimum atomic E-state index is 1.12. The van der Waals surface area contributed by atoms with Gasteiger partial charge in [-0.1, -0.05) is 0 Å². The number of hydrogen-bond acceptors (Lipinski definition) is 0. The van der Waals surface area contributed by atoms with Crippen molar-refractivity contribution < 1.29 is 0 Å². The Kier molecular flexibility index (Phi) is 2.25. The number of nitrogens with one attached hydrogen (secondary N) is 1. The van der Waals surface area contributed by atoms with Gasteiger partial charge in [-0.15, -0.1) is 0 Å². The second-order valence-corrected chi connectivity index (χ2v) is 0.433. The molecule has 4 heavy (non-hydrogen) atoms. The highest BCUT2D eigenvalue weighted by Crippen LogP contribution is 1.47. The van der Waals surface area contributed by atoms with Crippen LogP contribution < -0.4 is 5.73 Å². The van der Waals surface area contributed by atoms with E-state index in [1.807, 2.05) is 0 Å². The van der Waals surface area contributed by atoms with Gasteiger partial charge in [0.1, 0.15) is 0 Å². The smallest absolute Gasteiger partial charge is 0.0210 e. The Morgan fingerprint density at radius 3 is 2.25 bits per heavy atom. The molecular formula is C3H5N. The zero-order valence-corrected chi connectivity index (χ0v) is 2.58. The molecule has 22 valence electrons. The van der Waals surface area contributed by atoms with Crippen LogP contribution in [0.4, 0.5) is 0 Å². The first-order chi connectivity index (χ1) is 1.91. The molecular weight excluding hydrogens is 50.0 g/mol. The van der Waals surface area contributed by atoms with Crippen molar-refractivity contribution in [2.75, 3.05) is 0 Å². The van der Waals surface area contributed by atoms with Gasteiger partial charge in [0.15, 0.2) is 0 Å². The molecule has 0 aromatic heterocycles. The third-order valence-corrected chi connectivity index (χ3v) is 0.144. The summed E-state index contributed by atoms with van der Waals surface area (Å²) in [6.07, 6.45) is 3.60. The monoisotopic (exact) mass is 55.0 g/mol. The predicted octanol–water partition coefficient (Wildman–Crippen LogP) is 0.606. The Labute approximate surface area is 26.1 Å². The molecule has 1 heteroatoms. The third kappa shape index (κ3) is 1.54. The zero-order valence-electron chi connectivity index (χ0n) is 2.58. The molecule has 0 rings (SSSR count). The van der Waals surface area contributed by atoms with E-state index in [1.165, 1.54) is 0 Å². The number of allylic oxidation sites excluding steroid dienone is 1. The molecule has 0 spiro atoms. The first-order valence-electron chi connectivity index (χ1n) is 1.08. The van der Waals surface area contributed by atoms with Crippen LogP contribution in [0, 0.1) is 6.08 Å². The molecule has 2 radical (unpaired) electrons. The molecule has 0 aliphatic carbocycles. The SMILES string of the molecule is C/[C]=C/[NH]. The second-order valence-electron chi connectivity index (χ2n) is 0.433. The number of hydrogen-bond donors (Lipinski definition) is 0. The van der Waals surface area contributed by atoms with Gasteiger partial charge in [0, 0.05) is 6.20 Å². The Balaban J connectivity index is 2.55. The fraction of sp³-hybridized carbons (Fsp3) is 0.333. The van der Waals surface area contributed by atoms with Gasteiger partial charge in [-0.25, -0.2) is 0 Å². The lowest BCUT2D eigenvalue weighted by Crippen LogP contribution is -1.44. The summed E-state index contributed by atoms with van der Waals surface area (Å²) in [5.41, 5.74) is 6.22. The van der Waals surface area contributed by atoms with Crippen LogP contribution in [-0.4, -0.2) is 0 Å². The Morgan fingerprint density at radius 2 is 2.25 bits per heavy atom. The van der Waals surface area contributed by atoms with Crippen LogP contribution >= 0.6 is 0 Å². The van der Waals surface area contributed by atoms with Gasteiger partial charge < -0.3 is 5.73 Å². The van der Waals surface area contributed by atoms with Gasteiger partial charge in [0.05, 0.1) is 0 Å². The molecule has 0 saturated carbocycles. The lowest BCUT2D eigenvalue weighted by atomic mass is 10.7. The summed E-state index contributed by atoms with van der Waals surface area (Å²) < 4.78 is 0. The van der Waals surface area contributed by atoms with E-state index < -0.39 is 0 Å². The molecule has 0 amide bonds. The fourth-order valence-corrected chi connectivity index (χ4v) is 0. The minimum absolute atomic E-state index is 1.12. The molecule has 0 aromatic rings. The maximum Gasteiger partial charge on any atom is 0.0210 e. The second kappa shape index (κ2) is 2.54. The van der Waals surface area contributed by atoms with Crippen LogP contribution in [0.1, 0.15) is 6.92 Å². The van der Waals surface area contributed by atoms with Gasteiger partial charge in [-0.05, 0) is 13.0 Å². The van der Waals surface area contributed by atoms with Crippen LogP contribution in [0.5, 0.6) is 0 Å². The van der Waals surface area contributed by atoms with E-state index in [0.29, 0.717) is 0 Å². The largest absolute Gasteiger partial charge is 0.308 e. The van der Waals surface area contributed by atoms with Crippen molar-refractivity contribution in [1.82, 2.24) is 5.73 Å². The van der Waals surface area contributed by atoms with E-state index in [0.717, 1.165) is 6.20 Å². The fourth-order valence-electron chi connectivity index (χ4n) is 0. The van der Waals surface area contributed by atoms with Crippen molar-refractivity contribution in [2.24, 2.45) is 0 Å². The molecule has 1 nitrogen and oxygen atoms in total. The molecule has 0 aromatic carbocycles. The molecule has 1 N–H and O–H groups in total. The minimum Gasteiger partial charge on any atom is -0.308 e. The van der Waals surface area contributed by atoms with E-state index in [2.05, 4.69) is 6.08 Å². The molecule has 0 heterocycles. The van der Waals surface area contributed by atoms with Crippen molar-refractivity contribution in [2.45, 2.75) is 6.92 Å². The van der Waals surface area contributed by atoms with Gasteiger partial charge in [0.2, 0.25) is 0 Å². The van der Waals surface area contributed by atoms with E-state index in [4.69, 9.17) is 5.73 Å². The van der Waals surface area contributed by atoms with E-state index >= 15 is 0 Å². The van der Waals surface area contributed by atoms with Gasteiger partial charge in [-0.2, -0.15) is 0 Å². The highest BCUT2D eigenvalue weighted by Gasteiger charge is 1.36. The van der Waals surface area contributed by atoms with Crippen molar-refractivity contribution in [3.05, 3.63) is 12.3 Å². The lowest BCUT2D eigenvalue weighted by molar-refractivity contribution is 1.45. The summed E-state index contributed by atoms with van der Waals surface area (Å²) >= 11 is 0. The van der Waals surface area contributed by atoms with Crippen molar-refractivity contribution >= 4 is 0 Å². The normalized spacial score (nSPS) is 9.25. The molecule has 0 aliphatic heterocycles. The van der Waals surface area contributed by atoms with Gasteiger partial charge in [-0.3, -0.25) is 0 Å². The van der Waals surface area contributed by atoms with Crippen LogP contribution in [0.3, 0.4) is 0 Å². The molecule has 0 unspecified atom stereocenters. The van der Waals surface area contributed by atoms with Gasteiger partial charge >= 0.3 is 0 Å². The molecule has 0 aliphatic rings. The zero-order chi connectivity index (χ0) is 3.41. The maximum atomic E-state index is 6.22. The highest BCUT2D eigenvalue weighted by molar-refractivity contribution is 4.55. The van der Waals surface area contributed by atoms with Crippen LogP contribution in [0.25, 0.3) is 0 Å². The Bertz CT molecular complexity index is 18.5. The van der Waals surface area contributed by atoms with Gasteiger partial charge in [0.25, 0.3) is 0 Å². The topological polar surface area (TPSA) is 23.8 Å². The predicted molar refractivity (Wildman–Crippen MR) is 16.6 cm³/mol. The van der Waals surface area contributed by atoms with E-state index in [-0.39, 0.29) is 0 Å². The quantitative estimate of drug-likeness (QED) is 0.387. The van der Waals surface area contributed by atoms with Crippen molar-refractivity contribution in [3.63, 3.8) is 0 Å². The molecule has 0 bridgehead atoms. The van der Waals surface area contributed by atoms with Crippen LogP contribution in [-0.2, 0) is 0 Å². The lowest BCUT2D eigenvalue weighted by Gasteiger charge is -1.48. The van der Waals surface area contributed by atoms with Crippen molar-refractivity contribution in [1.29, 1.82) is 0 Å². The summed E-state index contributed by atoms with van der Waals surface area (Å²) in [6.45, 7) is 1.69. The Morgan fingerprint density at radius 1 is 2.00 bits per heavy atom. The molecule has 0 fully saturated rings. The summed E-state index contributed by atoms with van der Waals surface area (Å²) in [5.74, 6) is 0. The molecule has 0 saturated heterocycles. The molecule has 0 atom stereocenters. The highest BCUT2D eigenvalue weighted by atomic mass is 14.5. The van der Waals surface area contributed by atoms with Crippen LogP contribution in [0.15, 0.2) is 6.20 Å². The standard InChI is InChI=1S/C3H5N/c1-2-3-4/h3-4H,1H3. The summed E-state index contributed by atoms with van der Waals surface area (Å²) in [5, 5.41) is 0. The van der Waals surface area contributed by atoms with E-state index in [1.54, 1.807) is 6.92 Å². The average molecular weight is 55.1 g/mol. The number of rotatable bonds is 0. The summed E-state index contributed by atoms with van der Waals surface area (Å²) in [6, 6.07) is 0. The van der Waals surface area contributed by atoms with Crippen molar-refractivity contribution in [3.8, 4) is 0 Å². The maximum absolute atomic E-state index is 6.22.